The molecule has 0 bridgehead atoms. The molecule has 6 unspecified atom stereocenters. The van der Waals surface area contributed by atoms with Gasteiger partial charge < -0.3 is 58.1 Å². The number of nitrogens with one attached hydrogen (secondary N) is 6. The van der Waals surface area contributed by atoms with Crippen molar-refractivity contribution < 1.29 is 18.6 Å². The molecule has 0 aromatic heterocycles. The maximum atomic E-state index is 13.8. The van der Waals surface area contributed by atoms with Crippen LogP contribution in [0.1, 0.15) is 285 Å². The van der Waals surface area contributed by atoms with Crippen molar-refractivity contribution in [3.8, 4) is 0 Å². The van der Waals surface area contributed by atoms with Crippen molar-refractivity contribution in [2.45, 2.75) is 297 Å². The monoisotopic (exact) mass is 1220 g/mol. The number of nitrogens with zero attached hydrogens (tertiary/aromatic N) is 2. The lowest BCUT2D eigenvalue weighted by Gasteiger charge is -2.39. The molecule has 0 radical (unpaired) electrons. The van der Waals surface area contributed by atoms with E-state index < -0.39 is 0 Å². The van der Waals surface area contributed by atoms with Crippen LogP contribution in [0, 0.1) is 11.8 Å². The maximum absolute atomic E-state index is 13.8. The summed E-state index contributed by atoms with van der Waals surface area (Å²) in [4.78, 5) is 27.6. The molecular formula is C73H153N11O2+2. The van der Waals surface area contributed by atoms with Gasteiger partial charge in [0.2, 0.25) is 11.8 Å². The van der Waals surface area contributed by atoms with E-state index in [9.17, 15) is 9.59 Å². The summed E-state index contributed by atoms with van der Waals surface area (Å²) in [5.41, 5.74) is 17.3. The molecule has 0 aliphatic carbocycles. The predicted octanol–water partition coefficient (Wildman–Crippen LogP) is 13.7. The summed E-state index contributed by atoms with van der Waals surface area (Å²) in [5.74, 6) is 1.02. The number of carbonyl (C=O) groups excluding carboxylic acids is 2. The molecule has 86 heavy (non-hydrogen) atoms. The molecule has 2 amide bonds. The second-order valence-electron chi connectivity index (χ2n) is 27.4. The summed E-state index contributed by atoms with van der Waals surface area (Å²) in [6, 6.07) is -0.357. The van der Waals surface area contributed by atoms with Crippen LogP contribution in [0.25, 0.3) is 0 Å². The predicted molar refractivity (Wildman–Crippen MR) is 378 cm³/mol. The van der Waals surface area contributed by atoms with E-state index >= 15 is 0 Å². The molecule has 0 aromatic rings. The summed E-state index contributed by atoms with van der Waals surface area (Å²) in [6.07, 6.45) is 57.9. The zero-order chi connectivity index (χ0) is 63.1. The lowest BCUT2D eigenvalue weighted by atomic mass is 10.0. The Morgan fingerprint density at radius 1 is 0.360 bits per heavy atom. The molecule has 0 aliphatic heterocycles. The first-order chi connectivity index (χ1) is 41.9. The molecule has 13 nitrogen and oxygen atoms in total. The molecular weight excluding hydrogens is 1060 g/mol. The number of nitrogens with two attached hydrogens (primary N) is 3. The number of carbonyl (C=O) groups is 2. The molecule has 6 atom stereocenters. The standard InChI is InChI=1S/C73H151N11O2/c1-8-11-14-16-18-20-22-24-26-28-30-32-34-36-38-40-60-83(6,66-68(4)64-81-72(85)70(79-58-13-10-3)49-44-54-77-56-46-51-74)62-42-43-63-84(7,61-41-39-37-35-33-31-29-27-25-23-21-19-17-15-12-9-2)67-69(5)65-82-73(86)71(80-59-48-53-76)50-45-55-78-57-47-52-75/h24-27,68-71,77-80H,8-23,28-67,74-76H2,1-7H3/p+2/b26-24+,27-25+. The Hall–Kier alpha value is -1.94. The van der Waals surface area contributed by atoms with Gasteiger partial charge in [0.1, 0.15) is 0 Å². The molecule has 510 valence electrons. The Bertz CT molecular complexity index is 1400. The molecule has 13 heteroatoms. The van der Waals surface area contributed by atoms with E-state index in [-0.39, 0.29) is 23.9 Å². The van der Waals surface area contributed by atoms with Crippen LogP contribution in [0.5, 0.6) is 0 Å². The van der Waals surface area contributed by atoms with Crippen molar-refractivity contribution in [1.29, 1.82) is 0 Å². The molecule has 0 spiro atoms. The van der Waals surface area contributed by atoms with Gasteiger partial charge in [0, 0.05) is 37.8 Å². The van der Waals surface area contributed by atoms with Gasteiger partial charge in [-0.15, -0.1) is 0 Å². The fraction of sp³-hybridized carbons (Fsp3) is 0.918. The van der Waals surface area contributed by atoms with E-state index in [0.29, 0.717) is 38.0 Å². The Labute approximate surface area is 535 Å². The lowest BCUT2D eigenvalue weighted by molar-refractivity contribution is -0.918. The Kier molecular flexibility index (Phi) is 61.8. The first kappa shape index (κ1) is 84.1. The largest absolute Gasteiger partial charge is 0.354 e. The van der Waals surface area contributed by atoms with Crippen LogP contribution in [0.15, 0.2) is 24.3 Å². The molecule has 0 saturated heterocycles. The van der Waals surface area contributed by atoms with E-state index in [1.807, 2.05) is 0 Å². The van der Waals surface area contributed by atoms with E-state index in [1.54, 1.807) is 0 Å². The van der Waals surface area contributed by atoms with Gasteiger partial charge in [-0.2, -0.15) is 0 Å². The van der Waals surface area contributed by atoms with Gasteiger partial charge in [-0.05, 0) is 187 Å². The third-order valence-electron chi connectivity index (χ3n) is 18.0. The highest BCUT2D eigenvalue weighted by Crippen LogP contribution is 2.20. The molecule has 0 aliphatic rings. The fourth-order valence-electron chi connectivity index (χ4n) is 12.5. The van der Waals surface area contributed by atoms with Crippen molar-refractivity contribution in [3.05, 3.63) is 24.3 Å². The summed E-state index contributed by atoms with van der Waals surface area (Å²) in [5, 5.41) is 20.9. The van der Waals surface area contributed by atoms with Gasteiger partial charge >= 0.3 is 0 Å². The second kappa shape index (κ2) is 63.2. The number of amides is 2. The number of allylic oxidation sites excluding steroid dienone is 4. The van der Waals surface area contributed by atoms with Gasteiger partial charge in [-0.1, -0.05) is 168 Å². The number of hydrogen-bond donors (Lipinski definition) is 9. The van der Waals surface area contributed by atoms with Crippen LogP contribution in [-0.2, 0) is 9.59 Å². The van der Waals surface area contributed by atoms with E-state index in [1.165, 1.54) is 219 Å². The quantitative estimate of drug-likeness (QED) is 0.0162. The summed E-state index contributed by atoms with van der Waals surface area (Å²) >= 11 is 0. The highest BCUT2D eigenvalue weighted by atomic mass is 16.2. The third-order valence-corrected chi connectivity index (χ3v) is 18.0. The molecule has 0 fully saturated rings. The first-order valence-electron chi connectivity index (χ1n) is 37.4. The van der Waals surface area contributed by atoms with E-state index in [4.69, 9.17) is 17.2 Å². The SMILES string of the molecule is CCCCCCCC/C=C/CCCCCCCC[N+](C)(CCCC[N+](C)(CCCCCCCC/C=C/CCCCCCCC)CC(C)CNC(=O)C(CCCNCCCN)NCCCN)CC(C)CNC(=O)C(CCCNCCCN)NCCCC. The number of quaternary nitrogens is 2. The van der Waals surface area contributed by atoms with E-state index in [0.717, 1.165) is 126 Å². The van der Waals surface area contributed by atoms with Crippen molar-refractivity contribution in [2.75, 3.05) is 125 Å². The number of unbranched alkanes of at least 4 members (excludes halogenated alkanes) is 26. The Morgan fingerprint density at radius 3 is 0.977 bits per heavy atom. The zero-order valence-electron chi connectivity index (χ0n) is 58.7. The highest BCUT2D eigenvalue weighted by Gasteiger charge is 2.29. The topological polar surface area (TPSA) is 184 Å². The third kappa shape index (κ3) is 54.9. The van der Waals surface area contributed by atoms with Crippen molar-refractivity contribution in [3.63, 3.8) is 0 Å². The van der Waals surface area contributed by atoms with Crippen molar-refractivity contribution in [1.82, 2.24) is 31.9 Å². The normalized spacial score (nSPS) is 14.9. The van der Waals surface area contributed by atoms with E-state index in [2.05, 4.69) is 105 Å². The smallest absolute Gasteiger partial charge is 0.237 e. The van der Waals surface area contributed by atoms with Crippen LogP contribution in [0.4, 0.5) is 0 Å². The average Bonchev–Trinajstić information content (AvgIpc) is 3.67. The molecule has 0 rings (SSSR count). The number of hydrogen-bond acceptors (Lipinski definition) is 9. The maximum Gasteiger partial charge on any atom is 0.237 e. The summed E-state index contributed by atoms with van der Waals surface area (Å²) in [6.45, 7) is 27.1. The molecule has 0 aromatic carbocycles. The molecule has 12 N–H and O–H groups in total. The fourth-order valence-corrected chi connectivity index (χ4v) is 12.5. The van der Waals surface area contributed by atoms with Crippen molar-refractivity contribution >= 4 is 11.8 Å². The molecule has 0 heterocycles. The minimum absolute atomic E-state index is 0.122. The van der Waals surface area contributed by atoms with Crippen LogP contribution in [0.2, 0.25) is 0 Å². The van der Waals surface area contributed by atoms with Gasteiger partial charge in [0.25, 0.3) is 0 Å². The van der Waals surface area contributed by atoms with Crippen molar-refractivity contribution in [2.24, 2.45) is 29.0 Å². The summed E-state index contributed by atoms with van der Waals surface area (Å²) < 4.78 is 2.13. The number of rotatable bonds is 69. The van der Waals surface area contributed by atoms with Crippen LogP contribution in [0.3, 0.4) is 0 Å². The van der Waals surface area contributed by atoms with Crippen LogP contribution >= 0.6 is 0 Å². The Morgan fingerprint density at radius 2 is 0.640 bits per heavy atom. The lowest BCUT2D eigenvalue weighted by Crippen LogP contribution is -2.52. The second-order valence-corrected chi connectivity index (χ2v) is 27.4. The van der Waals surface area contributed by atoms with Crippen LogP contribution in [-0.4, -0.2) is 158 Å². The molecule has 0 saturated carbocycles. The average molecular weight is 1220 g/mol. The van der Waals surface area contributed by atoms with Crippen LogP contribution < -0.4 is 49.1 Å². The van der Waals surface area contributed by atoms with Gasteiger partial charge in [-0.25, -0.2) is 0 Å². The Balaban J connectivity index is 5.90. The zero-order valence-corrected chi connectivity index (χ0v) is 58.7. The minimum Gasteiger partial charge on any atom is -0.354 e. The van der Waals surface area contributed by atoms with Gasteiger partial charge in [0.05, 0.1) is 65.4 Å². The highest BCUT2D eigenvalue weighted by molar-refractivity contribution is 5.82. The van der Waals surface area contributed by atoms with Gasteiger partial charge in [-0.3, -0.25) is 9.59 Å². The minimum atomic E-state index is -0.204. The van der Waals surface area contributed by atoms with Gasteiger partial charge in [0.15, 0.2) is 0 Å². The summed E-state index contributed by atoms with van der Waals surface area (Å²) in [7, 11) is 5.03. The first-order valence-corrected chi connectivity index (χ1v) is 37.4.